The highest BCUT2D eigenvalue weighted by atomic mass is 19.1. The van der Waals surface area contributed by atoms with Gasteiger partial charge in [-0.05, 0) is 37.1 Å². The second-order valence-corrected chi connectivity index (χ2v) is 7.94. The number of urea groups is 1. The van der Waals surface area contributed by atoms with Crippen LogP contribution >= 0.6 is 0 Å². The number of hydrogen-bond acceptors (Lipinski definition) is 6. The van der Waals surface area contributed by atoms with Crippen LogP contribution in [0.25, 0.3) is 0 Å². The molecule has 0 aromatic heterocycles. The fraction of sp³-hybridized carbons (Fsp3) is 0.600. The van der Waals surface area contributed by atoms with Crippen molar-refractivity contribution in [2.24, 2.45) is 5.92 Å². The summed E-state index contributed by atoms with van der Waals surface area (Å²) in [6.07, 6.45) is -0.644. The van der Waals surface area contributed by atoms with Crippen LogP contribution in [-0.4, -0.2) is 85.0 Å². The number of fused-ring (bicyclic) bond motifs is 3. The predicted molar refractivity (Wildman–Crippen MR) is 105 cm³/mol. The molecule has 1 aromatic carbocycles. The maximum absolute atomic E-state index is 13.4. The number of amides is 3. The van der Waals surface area contributed by atoms with E-state index in [1.54, 1.807) is 24.1 Å². The minimum atomic E-state index is -0.463. The molecule has 0 saturated carbocycles. The second-order valence-electron chi connectivity index (χ2n) is 7.94. The minimum absolute atomic E-state index is 0.194. The van der Waals surface area contributed by atoms with Gasteiger partial charge in [0.05, 0.1) is 13.2 Å². The number of ether oxygens (including phenoxy) is 1. The number of benzene rings is 1. The van der Waals surface area contributed by atoms with Crippen LogP contribution in [0.5, 0.6) is 0 Å². The first-order chi connectivity index (χ1) is 13.9. The SMILES string of the molecule is CCOCCN1C(=O)C2C(NC3N(c4ccc(F)cc4)CC(C)CN23)N(C)C1=O. The van der Waals surface area contributed by atoms with E-state index < -0.39 is 12.2 Å². The zero-order chi connectivity index (χ0) is 20.7. The molecule has 3 fully saturated rings. The van der Waals surface area contributed by atoms with Crippen LogP contribution in [0.4, 0.5) is 14.9 Å². The maximum atomic E-state index is 13.4. The highest BCUT2D eigenvalue weighted by Crippen LogP contribution is 2.34. The van der Waals surface area contributed by atoms with E-state index >= 15 is 0 Å². The van der Waals surface area contributed by atoms with Gasteiger partial charge in [-0.1, -0.05) is 6.92 Å². The molecule has 3 aliphatic heterocycles. The number of rotatable bonds is 5. The first-order valence-corrected chi connectivity index (χ1v) is 10.1. The topological polar surface area (TPSA) is 68.4 Å². The van der Waals surface area contributed by atoms with Crippen LogP contribution < -0.4 is 10.2 Å². The molecule has 3 heterocycles. The molecular formula is C20H28FN5O3. The summed E-state index contributed by atoms with van der Waals surface area (Å²) in [6.45, 7) is 6.64. The van der Waals surface area contributed by atoms with E-state index in [1.807, 2.05) is 6.92 Å². The minimum Gasteiger partial charge on any atom is -0.380 e. The number of carbonyl (C=O) groups is 2. The molecule has 0 spiro atoms. The fourth-order valence-corrected chi connectivity index (χ4v) is 4.56. The summed E-state index contributed by atoms with van der Waals surface area (Å²) in [4.78, 5) is 33.2. The molecule has 4 atom stereocenters. The zero-order valence-corrected chi connectivity index (χ0v) is 17.0. The Morgan fingerprint density at radius 1 is 1.21 bits per heavy atom. The molecule has 29 heavy (non-hydrogen) atoms. The number of imide groups is 1. The quantitative estimate of drug-likeness (QED) is 0.740. The number of anilines is 1. The zero-order valence-electron chi connectivity index (χ0n) is 17.0. The summed E-state index contributed by atoms with van der Waals surface area (Å²) in [5, 5.41) is 3.46. The van der Waals surface area contributed by atoms with Crippen molar-refractivity contribution >= 4 is 17.6 Å². The normalized spacial score (nSPS) is 30.0. The standard InChI is InChI=1S/C20H28FN5O3/c1-4-29-10-9-24-18(27)16-17(23(3)20(24)28)22-19-25(11-13(2)12-26(16)19)15-7-5-14(21)6-8-15/h5-8,13,16-17,19,22H,4,9-12H2,1-3H3. The molecule has 3 amide bonds. The monoisotopic (exact) mass is 405 g/mol. The molecule has 1 N–H and O–H groups in total. The fourth-order valence-electron chi connectivity index (χ4n) is 4.56. The van der Waals surface area contributed by atoms with E-state index in [-0.39, 0.29) is 30.6 Å². The Balaban J connectivity index is 1.61. The first-order valence-electron chi connectivity index (χ1n) is 10.1. The third kappa shape index (κ3) is 3.47. The molecule has 4 unspecified atom stereocenters. The number of hydrogen-bond donors (Lipinski definition) is 1. The molecule has 8 nitrogen and oxygen atoms in total. The van der Waals surface area contributed by atoms with Crippen molar-refractivity contribution in [3.8, 4) is 0 Å². The molecule has 3 saturated heterocycles. The van der Waals surface area contributed by atoms with Crippen LogP contribution in [0.15, 0.2) is 24.3 Å². The van der Waals surface area contributed by atoms with Crippen LogP contribution in [0.2, 0.25) is 0 Å². The molecule has 3 aliphatic rings. The summed E-state index contributed by atoms with van der Waals surface area (Å²) in [7, 11) is 1.72. The largest absolute Gasteiger partial charge is 0.380 e. The van der Waals surface area contributed by atoms with Crippen LogP contribution in [-0.2, 0) is 9.53 Å². The Hall–Kier alpha value is -2.23. The first kappa shape index (κ1) is 20.1. The Morgan fingerprint density at radius 2 is 1.93 bits per heavy atom. The third-order valence-corrected chi connectivity index (χ3v) is 5.91. The van der Waals surface area contributed by atoms with Crippen molar-refractivity contribution in [1.29, 1.82) is 0 Å². The highest BCUT2D eigenvalue weighted by Gasteiger charge is 2.56. The van der Waals surface area contributed by atoms with Gasteiger partial charge in [0, 0.05) is 32.4 Å². The average molecular weight is 405 g/mol. The Kier molecular flexibility index (Phi) is 5.46. The Morgan fingerprint density at radius 3 is 2.62 bits per heavy atom. The Bertz CT molecular complexity index is 776. The molecule has 1 aromatic rings. The third-order valence-electron chi connectivity index (χ3n) is 5.91. The smallest absolute Gasteiger partial charge is 0.327 e. The van der Waals surface area contributed by atoms with Gasteiger partial charge in [0.15, 0.2) is 0 Å². The summed E-state index contributed by atoms with van der Waals surface area (Å²) < 4.78 is 18.8. The maximum Gasteiger partial charge on any atom is 0.327 e. The van der Waals surface area contributed by atoms with Gasteiger partial charge in [-0.15, -0.1) is 0 Å². The summed E-state index contributed by atoms with van der Waals surface area (Å²) in [5.74, 6) is -0.167. The van der Waals surface area contributed by atoms with Gasteiger partial charge in [0.2, 0.25) is 0 Å². The number of halogens is 1. The van der Waals surface area contributed by atoms with E-state index in [2.05, 4.69) is 22.0 Å². The van der Waals surface area contributed by atoms with Crippen LogP contribution in [0.1, 0.15) is 13.8 Å². The van der Waals surface area contributed by atoms with Crippen molar-refractivity contribution in [2.75, 3.05) is 44.8 Å². The number of nitrogens with zero attached hydrogens (tertiary/aromatic N) is 4. The molecule has 0 radical (unpaired) electrons. The van der Waals surface area contributed by atoms with Gasteiger partial charge in [-0.3, -0.25) is 19.9 Å². The van der Waals surface area contributed by atoms with Crippen molar-refractivity contribution in [3.63, 3.8) is 0 Å². The lowest BCUT2D eigenvalue weighted by Gasteiger charge is -2.46. The summed E-state index contributed by atoms with van der Waals surface area (Å²) >= 11 is 0. The second kappa shape index (κ2) is 7.89. The number of nitrogens with one attached hydrogen (secondary N) is 1. The predicted octanol–water partition coefficient (Wildman–Crippen LogP) is 1.10. The van der Waals surface area contributed by atoms with Crippen molar-refractivity contribution in [1.82, 2.24) is 20.0 Å². The van der Waals surface area contributed by atoms with Crippen LogP contribution in [0, 0.1) is 11.7 Å². The van der Waals surface area contributed by atoms with E-state index in [4.69, 9.17) is 4.74 Å². The van der Waals surface area contributed by atoms with Crippen LogP contribution in [0.3, 0.4) is 0 Å². The summed E-state index contributed by atoms with van der Waals surface area (Å²) in [6, 6.07) is 5.61. The van der Waals surface area contributed by atoms with E-state index in [1.165, 1.54) is 17.0 Å². The molecule has 0 aliphatic carbocycles. The van der Waals surface area contributed by atoms with Gasteiger partial charge < -0.3 is 14.5 Å². The molecule has 0 bridgehead atoms. The number of likely N-dealkylation sites (N-methyl/N-ethyl adjacent to an activating group) is 1. The Labute approximate surface area is 170 Å². The number of carbonyl (C=O) groups excluding carboxylic acids is 2. The van der Waals surface area contributed by atoms with Crippen molar-refractivity contribution < 1.29 is 18.7 Å². The average Bonchev–Trinajstić information content (AvgIpc) is 3.08. The summed E-state index contributed by atoms with van der Waals surface area (Å²) in [5.41, 5.74) is 0.883. The van der Waals surface area contributed by atoms with Crippen molar-refractivity contribution in [2.45, 2.75) is 32.3 Å². The lowest BCUT2D eigenvalue weighted by Crippen LogP contribution is -2.67. The highest BCUT2D eigenvalue weighted by molar-refractivity contribution is 6.00. The molecule has 9 heteroatoms. The van der Waals surface area contributed by atoms with E-state index in [0.717, 1.165) is 18.8 Å². The van der Waals surface area contributed by atoms with Gasteiger partial charge in [0.25, 0.3) is 5.91 Å². The van der Waals surface area contributed by atoms with E-state index in [0.29, 0.717) is 19.1 Å². The van der Waals surface area contributed by atoms with Gasteiger partial charge in [-0.2, -0.15) is 0 Å². The lowest BCUT2D eigenvalue weighted by molar-refractivity contribution is -0.139. The van der Waals surface area contributed by atoms with E-state index in [9.17, 15) is 14.0 Å². The lowest BCUT2D eigenvalue weighted by atomic mass is 10.0. The molecular weight excluding hydrogens is 377 g/mol. The molecule has 4 rings (SSSR count). The van der Waals surface area contributed by atoms with Gasteiger partial charge in [0.1, 0.15) is 24.3 Å². The molecule has 158 valence electrons. The van der Waals surface area contributed by atoms with Gasteiger partial charge in [-0.25, -0.2) is 9.18 Å². The van der Waals surface area contributed by atoms with Gasteiger partial charge >= 0.3 is 6.03 Å². The van der Waals surface area contributed by atoms with Crippen molar-refractivity contribution in [3.05, 3.63) is 30.1 Å².